The molecule has 3 unspecified atom stereocenters. The van der Waals surface area contributed by atoms with Crippen molar-refractivity contribution in [2.75, 3.05) is 6.61 Å². The molecular formula is C15H18N4O5. The fourth-order valence-electron chi connectivity index (χ4n) is 1.83. The first-order chi connectivity index (χ1) is 11.5. The van der Waals surface area contributed by atoms with E-state index in [0.29, 0.717) is 0 Å². The Balaban J connectivity index is 1.96. The standard InChI is InChI=1S/C15H18N4O5/c20-8-12(22)13(23)11(21)7-16-19-15-17-10(14(24)18-15)6-9-4-2-1-3-5-9/h1-7,11-13,20-23H,8H2,(H2,17,18,19,24)/b10-6-,16-7+. The smallest absolute Gasteiger partial charge is 0.276 e. The molecule has 0 saturated heterocycles. The lowest BCUT2D eigenvalue weighted by molar-refractivity contribution is -0.115. The topological polar surface area (TPSA) is 147 Å². The van der Waals surface area contributed by atoms with Gasteiger partial charge in [-0.05, 0) is 11.6 Å². The van der Waals surface area contributed by atoms with E-state index in [1.807, 2.05) is 30.3 Å². The van der Waals surface area contributed by atoms with Gasteiger partial charge in [0.25, 0.3) is 5.91 Å². The summed E-state index contributed by atoms with van der Waals surface area (Å²) in [7, 11) is 0. The Bertz CT molecular complexity index is 659. The fraction of sp³-hybridized carbons (Fsp3) is 0.267. The summed E-state index contributed by atoms with van der Waals surface area (Å²) in [6.07, 6.45) is -2.07. The number of aliphatic imine (C=N–C) groups is 1. The summed E-state index contributed by atoms with van der Waals surface area (Å²) in [5.41, 5.74) is 3.40. The average molecular weight is 334 g/mol. The first-order valence-electron chi connectivity index (χ1n) is 7.12. The summed E-state index contributed by atoms with van der Waals surface area (Å²) >= 11 is 0. The number of hydrazone groups is 1. The fourth-order valence-corrected chi connectivity index (χ4v) is 1.83. The number of hydrogen-bond donors (Lipinski definition) is 6. The number of benzene rings is 1. The maximum Gasteiger partial charge on any atom is 0.276 e. The second-order valence-electron chi connectivity index (χ2n) is 4.98. The Kier molecular flexibility index (Phi) is 6.15. The van der Waals surface area contributed by atoms with E-state index in [0.717, 1.165) is 11.8 Å². The number of aliphatic hydroxyl groups excluding tert-OH is 4. The SMILES string of the molecule is O=C1NC(N/N=C/C(O)C(O)C(O)CO)=N/C1=C\c1ccccc1. The van der Waals surface area contributed by atoms with Crippen LogP contribution >= 0.6 is 0 Å². The lowest BCUT2D eigenvalue weighted by Crippen LogP contribution is -2.41. The number of aliphatic hydroxyl groups is 4. The third kappa shape index (κ3) is 4.70. The molecule has 0 spiro atoms. The molecule has 0 aliphatic carbocycles. The van der Waals surface area contributed by atoms with Crippen molar-refractivity contribution < 1.29 is 25.2 Å². The lowest BCUT2D eigenvalue weighted by Gasteiger charge is -2.17. The largest absolute Gasteiger partial charge is 0.394 e. The summed E-state index contributed by atoms with van der Waals surface area (Å²) in [5, 5.41) is 42.9. The van der Waals surface area contributed by atoms with Gasteiger partial charge in [0.05, 0.1) is 12.8 Å². The van der Waals surface area contributed by atoms with E-state index >= 15 is 0 Å². The van der Waals surface area contributed by atoms with Crippen molar-refractivity contribution >= 4 is 24.2 Å². The summed E-state index contributed by atoms with van der Waals surface area (Å²) in [4.78, 5) is 15.8. The minimum absolute atomic E-state index is 0.0582. The number of hydrogen-bond acceptors (Lipinski definition) is 8. The molecule has 6 N–H and O–H groups in total. The number of rotatable bonds is 6. The molecular weight excluding hydrogens is 316 g/mol. The Morgan fingerprint density at radius 3 is 2.62 bits per heavy atom. The first-order valence-corrected chi connectivity index (χ1v) is 7.12. The number of amides is 1. The normalized spacial score (nSPS) is 19.9. The molecule has 9 nitrogen and oxygen atoms in total. The van der Waals surface area contributed by atoms with Gasteiger partial charge < -0.3 is 20.4 Å². The zero-order chi connectivity index (χ0) is 17.5. The van der Waals surface area contributed by atoms with Crippen LogP contribution in [-0.2, 0) is 4.79 Å². The van der Waals surface area contributed by atoms with Gasteiger partial charge in [0.1, 0.15) is 24.0 Å². The molecule has 0 bridgehead atoms. The monoisotopic (exact) mass is 334 g/mol. The molecule has 0 aromatic heterocycles. The van der Waals surface area contributed by atoms with Crippen LogP contribution in [0.4, 0.5) is 0 Å². The molecule has 1 heterocycles. The summed E-state index contributed by atoms with van der Waals surface area (Å²) in [6.45, 7) is -0.699. The third-order valence-corrected chi connectivity index (χ3v) is 3.13. The summed E-state index contributed by atoms with van der Waals surface area (Å²) in [5.74, 6) is -0.351. The predicted molar refractivity (Wildman–Crippen MR) is 86.7 cm³/mol. The highest BCUT2D eigenvalue weighted by molar-refractivity contribution is 6.13. The van der Waals surface area contributed by atoms with E-state index in [9.17, 15) is 20.1 Å². The highest BCUT2D eigenvalue weighted by atomic mass is 16.4. The van der Waals surface area contributed by atoms with Crippen LogP contribution in [0.1, 0.15) is 5.56 Å². The van der Waals surface area contributed by atoms with Crippen LogP contribution in [0.3, 0.4) is 0 Å². The van der Waals surface area contributed by atoms with E-state index in [4.69, 9.17) is 5.11 Å². The van der Waals surface area contributed by atoms with Crippen LogP contribution in [0.5, 0.6) is 0 Å². The molecule has 1 aliphatic heterocycles. The van der Waals surface area contributed by atoms with Crippen molar-refractivity contribution in [1.29, 1.82) is 0 Å². The predicted octanol–water partition coefficient (Wildman–Crippen LogP) is -1.84. The van der Waals surface area contributed by atoms with E-state index < -0.39 is 30.8 Å². The van der Waals surface area contributed by atoms with Crippen LogP contribution < -0.4 is 10.7 Å². The number of guanidine groups is 1. The Morgan fingerprint density at radius 2 is 1.96 bits per heavy atom. The van der Waals surface area contributed by atoms with E-state index in [1.165, 1.54) is 0 Å². The number of carbonyl (C=O) groups is 1. The molecule has 1 aromatic rings. The van der Waals surface area contributed by atoms with Crippen LogP contribution in [0.2, 0.25) is 0 Å². The lowest BCUT2D eigenvalue weighted by atomic mass is 10.1. The van der Waals surface area contributed by atoms with Gasteiger partial charge in [-0.2, -0.15) is 5.10 Å². The second kappa shape index (κ2) is 8.31. The molecule has 128 valence electrons. The van der Waals surface area contributed by atoms with Crippen molar-refractivity contribution in [3.05, 3.63) is 41.6 Å². The third-order valence-electron chi connectivity index (χ3n) is 3.13. The van der Waals surface area contributed by atoms with Crippen LogP contribution in [0.15, 0.2) is 46.1 Å². The van der Waals surface area contributed by atoms with Gasteiger partial charge in [-0.3, -0.25) is 10.1 Å². The molecule has 0 saturated carbocycles. The van der Waals surface area contributed by atoms with Crippen molar-refractivity contribution in [1.82, 2.24) is 10.7 Å². The van der Waals surface area contributed by atoms with Crippen molar-refractivity contribution in [2.45, 2.75) is 18.3 Å². The number of carbonyl (C=O) groups excluding carboxylic acids is 1. The van der Waals surface area contributed by atoms with Crippen molar-refractivity contribution in [3.8, 4) is 0 Å². The second-order valence-corrected chi connectivity index (χ2v) is 4.98. The Hall–Kier alpha value is -2.59. The number of nitrogens with one attached hydrogen (secondary N) is 2. The van der Waals surface area contributed by atoms with Gasteiger partial charge in [-0.1, -0.05) is 30.3 Å². The maximum atomic E-state index is 11.8. The minimum atomic E-state index is -1.59. The molecule has 1 amide bonds. The molecule has 3 atom stereocenters. The number of nitrogens with zero attached hydrogens (tertiary/aromatic N) is 2. The molecule has 1 aromatic carbocycles. The van der Waals surface area contributed by atoms with Crippen LogP contribution in [0, 0.1) is 0 Å². The zero-order valence-electron chi connectivity index (χ0n) is 12.6. The highest BCUT2D eigenvalue weighted by Gasteiger charge is 2.23. The van der Waals surface area contributed by atoms with E-state index in [1.54, 1.807) is 6.08 Å². The van der Waals surface area contributed by atoms with Gasteiger partial charge in [0.15, 0.2) is 0 Å². The molecule has 2 rings (SSSR count). The quantitative estimate of drug-likeness (QED) is 0.205. The van der Waals surface area contributed by atoms with Gasteiger partial charge in [-0.15, -0.1) is 0 Å². The highest BCUT2D eigenvalue weighted by Crippen LogP contribution is 2.11. The van der Waals surface area contributed by atoms with Gasteiger partial charge in [0.2, 0.25) is 5.96 Å². The summed E-state index contributed by atoms with van der Waals surface area (Å²) in [6, 6.07) is 9.17. The first kappa shape index (κ1) is 17.8. The Labute approximate surface area is 137 Å². The Morgan fingerprint density at radius 1 is 1.25 bits per heavy atom. The molecule has 9 heteroatoms. The average Bonchev–Trinajstić information content (AvgIpc) is 2.93. The zero-order valence-corrected chi connectivity index (χ0v) is 12.6. The molecule has 24 heavy (non-hydrogen) atoms. The van der Waals surface area contributed by atoms with Crippen LogP contribution in [-0.4, -0.2) is 63.4 Å². The minimum Gasteiger partial charge on any atom is -0.394 e. The molecule has 1 aliphatic rings. The molecule has 0 fully saturated rings. The van der Waals surface area contributed by atoms with Gasteiger partial charge in [0, 0.05) is 0 Å². The van der Waals surface area contributed by atoms with Crippen molar-refractivity contribution in [2.24, 2.45) is 10.1 Å². The van der Waals surface area contributed by atoms with E-state index in [-0.39, 0.29) is 11.7 Å². The van der Waals surface area contributed by atoms with Gasteiger partial charge in [-0.25, -0.2) is 10.4 Å². The summed E-state index contributed by atoms with van der Waals surface area (Å²) < 4.78 is 0. The maximum absolute atomic E-state index is 11.8. The molecule has 0 radical (unpaired) electrons. The van der Waals surface area contributed by atoms with Crippen molar-refractivity contribution in [3.63, 3.8) is 0 Å². The van der Waals surface area contributed by atoms with Gasteiger partial charge >= 0.3 is 0 Å². The van der Waals surface area contributed by atoms with Crippen LogP contribution in [0.25, 0.3) is 6.08 Å². The van der Waals surface area contributed by atoms with E-state index in [2.05, 4.69) is 20.8 Å².